The SMILES string of the molecule is CC1(Cc2ccccc2O)CO1. The van der Waals surface area contributed by atoms with Crippen molar-refractivity contribution in [2.75, 3.05) is 6.61 Å². The van der Waals surface area contributed by atoms with E-state index in [4.69, 9.17) is 4.74 Å². The van der Waals surface area contributed by atoms with Crippen molar-refractivity contribution in [3.63, 3.8) is 0 Å². The first-order valence-corrected chi connectivity index (χ1v) is 4.10. The molecule has 1 aliphatic heterocycles. The Morgan fingerprint density at radius 3 is 2.75 bits per heavy atom. The largest absolute Gasteiger partial charge is 0.508 e. The smallest absolute Gasteiger partial charge is 0.118 e. The van der Waals surface area contributed by atoms with Crippen molar-refractivity contribution in [1.82, 2.24) is 0 Å². The summed E-state index contributed by atoms with van der Waals surface area (Å²) in [6, 6.07) is 7.40. The summed E-state index contributed by atoms with van der Waals surface area (Å²) in [5.74, 6) is 0.370. The van der Waals surface area contributed by atoms with Crippen molar-refractivity contribution in [1.29, 1.82) is 0 Å². The molecular formula is C10H12O2. The first-order valence-electron chi connectivity index (χ1n) is 4.10. The predicted octanol–water partition coefficient (Wildman–Crippen LogP) is 1.72. The zero-order valence-corrected chi connectivity index (χ0v) is 7.08. The summed E-state index contributed by atoms with van der Waals surface area (Å²) in [6.45, 7) is 2.86. The minimum atomic E-state index is -0.0150. The monoisotopic (exact) mass is 164 g/mol. The molecule has 2 heteroatoms. The number of epoxide rings is 1. The second-order valence-corrected chi connectivity index (χ2v) is 3.54. The maximum absolute atomic E-state index is 9.45. The van der Waals surface area contributed by atoms with Gasteiger partial charge in [0, 0.05) is 6.42 Å². The fourth-order valence-corrected chi connectivity index (χ4v) is 1.29. The van der Waals surface area contributed by atoms with Crippen molar-refractivity contribution < 1.29 is 9.84 Å². The van der Waals surface area contributed by atoms with Gasteiger partial charge in [-0.25, -0.2) is 0 Å². The van der Waals surface area contributed by atoms with Gasteiger partial charge in [-0.3, -0.25) is 0 Å². The third-order valence-corrected chi connectivity index (χ3v) is 2.19. The van der Waals surface area contributed by atoms with E-state index >= 15 is 0 Å². The second-order valence-electron chi connectivity index (χ2n) is 3.54. The molecule has 1 atom stereocenters. The molecule has 1 unspecified atom stereocenters. The van der Waals surface area contributed by atoms with Gasteiger partial charge in [0.25, 0.3) is 0 Å². The molecule has 1 saturated heterocycles. The Hall–Kier alpha value is -1.02. The van der Waals surface area contributed by atoms with E-state index in [0.29, 0.717) is 5.75 Å². The highest BCUT2D eigenvalue weighted by atomic mass is 16.6. The molecule has 0 spiro atoms. The lowest BCUT2D eigenvalue weighted by molar-refractivity contribution is 0.319. The average Bonchev–Trinajstić information content (AvgIpc) is 2.74. The van der Waals surface area contributed by atoms with Crippen LogP contribution < -0.4 is 0 Å². The molecule has 1 heterocycles. The van der Waals surface area contributed by atoms with E-state index in [9.17, 15) is 5.11 Å². The third kappa shape index (κ3) is 1.43. The van der Waals surface area contributed by atoms with E-state index in [1.807, 2.05) is 18.2 Å². The van der Waals surface area contributed by atoms with Crippen LogP contribution in [0.4, 0.5) is 0 Å². The molecule has 2 nitrogen and oxygen atoms in total. The van der Waals surface area contributed by atoms with Crippen LogP contribution in [0.1, 0.15) is 12.5 Å². The normalized spacial score (nSPS) is 27.1. The van der Waals surface area contributed by atoms with Crippen LogP contribution in [0.5, 0.6) is 5.75 Å². The quantitative estimate of drug-likeness (QED) is 0.675. The number of para-hydroxylation sites is 1. The number of rotatable bonds is 2. The molecule has 1 aromatic carbocycles. The van der Waals surface area contributed by atoms with Gasteiger partial charge in [0.1, 0.15) is 5.75 Å². The van der Waals surface area contributed by atoms with Crippen molar-refractivity contribution in [3.8, 4) is 5.75 Å². The highest BCUT2D eigenvalue weighted by Gasteiger charge is 2.39. The summed E-state index contributed by atoms with van der Waals surface area (Å²) in [5, 5.41) is 9.45. The Bertz CT molecular complexity index is 290. The van der Waals surface area contributed by atoms with Gasteiger partial charge in [-0.2, -0.15) is 0 Å². The molecule has 0 bridgehead atoms. The van der Waals surface area contributed by atoms with Crippen molar-refractivity contribution in [2.24, 2.45) is 0 Å². The topological polar surface area (TPSA) is 32.8 Å². The molecule has 0 radical (unpaired) electrons. The van der Waals surface area contributed by atoms with Gasteiger partial charge in [0.2, 0.25) is 0 Å². The zero-order valence-electron chi connectivity index (χ0n) is 7.08. The third-order valence-electron chi connectivity index (χ3n) is 2.19. The minimum absolute atomic E-state index is 0.0150. The summed E-state index contributed by atoms with van der Waals surface area (Å²) < 4.78 is 5.24. The Labute approximate surface area is 71.8 Å². The van der Waals surface area contributed by atoms with Crippen molar-refractivity contribution in [2.45, 2.75) is 18.9 Å². The Kier molecular flexibility index (Phi) is 1.58. The summed E-state index contributed by atoms with van der Waals surface area (Å²) in [4.78, 5) is 0. The van der Waals surface area contributed by atoms with E-state index < -0.39 is 0 Å². The Balaban J connectivity index is 2.17. The average molecular weight is 164 g/mol. The van der Waals surface area contributed by atoms with Gasteiger partial charge >= 0.3 is 0 Å². The Morgan fingerprint density at radius 1 is 1.50 bits per heavy atom. The van der Waals surface area contributed by atoms with Crippen LogP contribution in [-0.4, -0.2) is 17.3 Å². The maximum Gasteiger partial charge on any atom is 0.118 e. The van der Waals surface area contributed by atoms with Crippen LogP contribution in [0.15, 0.2) is 24.3 Å². The highest BCUT2D eigenvalue weighted by Crippen LogP contribution is 2.32. The molecular weight excluding hydrogens is 152 g/mol. The summed E-state index contributed by atoms with van der Waals surface area (Å²) in [7, 11) is 0. The number of hydrogen-bond donors (Lipinski definition) is 1. The zero-order chi connectivity index (χ0) is 8.60. The van der Waals surface area contributed by atoms with Crippen LogP contribution in [0.3, 0.4) is 0 Å². The predicted molar refractivity (Wildman–Crippen MR) is 46.2 cm³/mol. The van der Waals surface area contributed by atoms with Crippen molar-refractivity contribution in [3.05, 3.63) is 29.8 Å². The molecule has 0 amide bonds. The molecule has 1 aliphatic rings. The maximum atomic E-state index is 9.45. The van der Waals surface area contributed by atoms with Crippen molar-refractivity contribution >= 4 is 0 Å². The number of phenols is 1. The standard InChI is InChI=1S/C10H12O2/c1-10(7-12-10)6-8-4-2-3-5-9(8)11/h2-5,11H,6-7H2,1H3. The highest BCUT2D eigenvalue weighted by molar-refractivity contribution is 5.33. The number of ether oxygens (including phenoxy) is 1. The first kappa shape index (κ1) is 7.62. The molecule has 0 aliphatic carbocycles. The minimum Gasteiger partial charge on any atom is -0.508 e. The summed E-state index contributed by atoms with van der Waals surface area (Å²) >= 11 is 0. The number of hydrogen-bond acceptors (Lipinski definition) is 2. The van der Waals surface area contributed by atoms with Crippen LogP contribution in [-0.2, 0) is 11.2 Å². The molecule has 1 aromatic rings. The molecule has 12 heavy (non-hydrogen) atoms. The fourth-order valence-electron chi connectivity index (χ4n) is 1.29. The van der Waals surface area contributed by atoms with Crippen LogP contribution in [0.2, 0.25) is 0 Å². The second kappa shape index (κ2) is 2.49. The molecule has 0 aromatic heterocycles. The lowest BCUT2D eigenvalue weighted by Crippen LogP contribution is -2.08. The summed E-state index contributed by atoms with van der Waals surface area (Å²) in [6.07, 6.45) is 0.805. The van der Waals surface area contributed by atoms with Gasteiger partial charge in [0.15, 0.2) is 0 Å². The Morgan fingerprint density at radius 2 is 2.17 bits per heavy atom. The number of aromatic hydroxyl groups is 1. The fraction of sp³-hybridized carbons (Fsp3) is 0.400. The van der Waals surface area contributed by atoms with Crippen LogP contribution in [0.25, 0.3) is 0 Å². The van der Waals surface area contributed by atoms with Crippen LogP contribution in [0, 0.1) is 0 Å². The van der Waals surface area contributed by atoms with Gasteiger partial charge in [-0.15, -0.1) is 0 Å². The summed E-state index contributed by atoms with van der Waals surface area (Å²) in [5.41, 5.74) is 0.955. The lowest BCUT2D eigenvalue weighted by atomic mass is 10.0. The first-order chi connectivity index (χ1) is 5.70. The van der Waals surface area contributed by atoms with E-state index in [1.165, 1.54) is 0 Å². The van der Waals surface area contributed by atoms with Gasteiger partial charge in [-0.1, -0.05) is 18.2 Å². The number of phenolic OH excluding ortho intramolecular Hbond substituents is 1. The molecule has 1 N–H and O–H groups in total. The molecule has 64 valence electrons. The van der Waals surface area contributed by atoms with E-state index in [2.05, 4.69) is 6.92 Å². The van der Waals surface area contributed by atoms with Crippen LogP contribution >= 0.6 is 0 Å². The lowest BCUT2D eigenvalue weighted by Gasteiger charge is -2.06. The van der Waals surface area contributed by atoms with Gasteiger partial charge in [-0.05, 0) is 18.6 Å². The molecule has 0 saturated carbocycles. The molecule has 2 rings (SSSR count). The van der Waals surface area contributed by atoms with E-state index in [0.717, 1.165) is 18.6 Å². The molecule has 1 fully saturated rings. The number of benzene rings is 1. The van der Waals surface area contributed by atoms with E-state index in [1.54, 1.807) is 6.07 Å². The van der Waals surface area contributed by atoms with Gasteiger partial charge < -0.3 is 9.84 Å². The van der Waals surface area contributed by atoms with E-state index in [-0.39, 0.29) is 5.60 Å². The van der Waals surface area contributed by atoms with Gasteiger partial charge in [0.05, 0.1) is 12.2 Å².